The van der Waals surface area contributed by atoms with E-state index in [9.17, 15) is 4.39 Å². The molecule has 0 bridgehead atoms. The van der Waals surface area contributed by atoms with Crippen LogP contribution in [0, 0.1) is 11.7 Å². The van der Waals surface area contributed by atoms with Crippen molar-refractivity contribution in [1.82, 2.24) is 20.4 Å². The van der Waals surface area contributed by atoms with Crippen molar-refractivity contribution in [2.45, 2.75) is 38.9 Å². The van der Waals surface area contributed by atoms with Gasteiger partial charge in [-0.15, -0.1) is 24.0 Å². The van der Waals surface area contributed by atoms with E-state index in [1.54, 1.807) is 19.2 Å². The van der Waals surface area contributed by atoms with Crippen LogP contribution in [0.3, 0.4) is 0 Å². The SMILES string of the molecule is CN=C(NCC(c1cccc(F)c1)N1CCOCC1)NC1CN(C(C)C)CC1C.I. The summed E-state index contributed by atoms with van der Waals surface area (Å²) >= 11 is 0. The van der Waals surface area contributed by atoms with Gasteiger partial charge in [-0.1, -0.05) is 19.1 Å². The van der Waals surface area contributed by atoms with E-state index in [4.69, 9.17) is 4.74 Å². The Balaban J connectivity index is 0.00000320. The van der Waals surface area contributed by atoms with Gasteiger partial charge in [-0.05, 0) is 37.5 Å². The van der Waals surface area contributed by atoms with Gasteiger partial charge >= 0.3 is 0 Å². The Kier molecular flexibility index (Phi) is 10.3. The molecule has 1 aromatic carbocycles. The first kappa shape index (κ1) is 25.3. The molecule has 30 heavy (non-hydrogen) atoms. The molecule has 2 N–H and O–H groups in total. The maximum absolute atomic E-state index is 13.9. The molecule has 2 heterocycles. The average molecular weight is 533 g/mol. The minimum Gasteiger partial charge on any atom is -0.379 e. The fourth-order valence-electron chi connectivity index (χ4n) is 4.24. The van der Waals surface area contributed by atoms with Crippen LogP contribution in [0.2, 0.25) is 0 Å². The van der Waals surface area contributed by atoms with Crippen molar-refractivity contribution in [3.05, 3.63) is 35.6 Å². The van der Waals surface area contributed by atoms with Crippen LogP contribution in [0.25, 0.3) is 0 Å². The lowest BCUT2D eigenvalue weighted by atomic mass is 10.0. The molecule has 0 radical (unpaired) electrons. The van der Waals surface area contributed by atoms with Crippen molar-refractivity contribution in [3.63, 3.8) is 0 Å². The highest BCUT2D eigenvalue weighted by molar-refractivity contribution is 14.0. The van der Waals surface area contributed by atoms with Gasteiger partial charge in [-0.2, -0.15) is 0 Å². The van der Waals surface area contributed by atoms with Crippen molar-refractivity contribution in [2.75, 3.05) is 53.0 Å². The van der Waals surface area contributed by atoms with Gasteiger partial charge in [0.05, 0.1) is 19.3 Å². The molecule has 0 aromatic heterocycles. The van der Waals surface area contributed by atoms with Crippen molar-refractivity contribution in [2.24, 2.45) is 10.9 Å². The van der Waals surface area contributed by atoms with E-state index in [-0.39, 0.29) is 35.8 Å². The normalized spacial score (nSPS) is 24.5. The Morgan fingerprint density at radius 1 is 1.23 bits per heavy atom. The monoisotopic (exact) mass is 533 g/mol. The molecule has 3 atom stereocenters. The molecule has 0 amide bonds. The zero-order valence-corrected chi connectivity index (χ0v) is 20.9. The van der Waals surface area contributed by atoms with Crippen LogP contribution < -0.4 is 10.6 Å². The number of guanidine groups is 1. The van der Waals surface area contributed by atoms with Gasteiger partial charge in [0.2, 0.25) is 0 Å². The largest absolute Gasteiger partial charge is 0.379 e. The van der Waals surface area contributed by atoms with Crippen LogP contribution in [-0.4, -0.2) is 80.8 Å². The van der Waals surface area contributed by atoms with Crippen molar-refractivity contribution in [3.8, 4) is 0 Å². The smallest absolute Gasteiger partial charge is 0.191 e. The molecule has 0 aliphatic carbocycles. The lowest BCUT2D eigenvalue weighted by molar-refractivity contribution is 0.0169. The summed E-state index contributed by atoms with van der Waals surface area (Å²) in [5.74, 6) is 1.17. The Morgan fingerprint density at radius 2 is 1.97 bits per heavy atom. The second-order valence-corrected chi connectivity index (χ2v) is 8.45. The van der Waals surface area contributed by atoms with E-state index in [1.165, 1.54) is 6.07 Å². The minimum atomic E-state index is -0.197. The Hall–Kier alpha value is -0.970. The summed E-state index contributed by atoms with van der Waals surface area (Å²) in [6, 6.07) is 7.92. The molecule has 8 heteroatoms. The summed E-state index contributed by atoms with van der Waals surface area (Å²) in [4.78, 5) is 9.30. The quantitative estimate of drug-likeness (QED) is 0.335. The zero-order chi connectivity index (χ0) is 20.8. The number of hydrogen-bond acceptors (Lipinski definition) is 4. The second-order valence-electron chi connectivity index (χ2n) is 8.45. The average Bonchev–Trinajstić information content (AvgIpc) is 3.09. The molecule has 2 aliphatic rings. The van der Waals surface area contributed by atoms with E-state index in [2.05, 4.69) is 46.2 Å². The van der Waals surface area contributed by atoms with Gasteiger partial charge < -0.3 is 15.4 Å². The van der Waals surface area contributed by atoms with Gasteiger partial charge in [-0.3, -0.25) is 14.8 Å². The molecule has 2 fully saturated rings. The maximum atomic E-state index is 13.9. The highest BCUT2D eigenvalue weighted by atomic mass is 127. The number of aliphatic imine (C=N–C) groups is 1. The van der Waals surface area contributed by atoms with Gasteiger partial charge in [0, 0.05) is 51.9 Å². The topological polar surface area (TPSA) is 52.1 Å². The molecule has 2 aliphatic heterocycles. The van der Waals surface area contributed by atoms with Crippen LogP contribution in [0.1, 0.15) is 32.4 Å². The Morgan fingerprint density at radius 3 is 2.57 bits per heavy atom. The first-order valence-corrected chi connectivity index (χ1v) is 10.8. The third-order valence-electron chi connectivity index (χ3n) is 6.10. The number of ether oxygens (including phenoxy) is 1. The molecule has 3 rings (SSSR count). The standard InChI is InChI=1S/C22H36FN5O.HI/c1-16(2)28-14-17(3)20(15-28)26-22(24-4)25-13-21(27-8-10-29-11-9-27)18-6-5-7-19(23)12-18;/h5-7,12,16-17,20-21H,8-11,13-15H2,1-4H3,(H2,24,25,26);1H. The first-order valence-electron chi connectivity index (χ1n) is 10.8. The molecule has 0 saturated carbocycles. The summed E-state index contributed by atoms with van der Waals surface area (Å²) in [7, 11) is 1.81. The Bertz CT molecular complexity index is 683. The highest BCUT2D eigenvalue weighted by Crippen LogP contribution is 2.22. The van der Waals surface area contributed by atoms with Gasteiger partial charge in [-0.25, -0.2) is 4.39 Å². The third-order valence-corrected chi connectivity index (χ3v) is 6.10. The summed E-state index contributed by atoms with van der Waals surface area (Å²) in [6.45, 7) is 12.7. The predicted molar refractivity (Wildman–Crippen MR) is 131 cm³/mol. The number of rotatable bonds is 6. The molecule has 0 spiro atoms. The zero-order valence-electron chi connectivity index (χ0n) is 18.6. The number of hydrogen-bond donors (Lipinski definition) is 2. The fraction of sp³-hybridized carbons (Fsp3) is 0.682. The third kappa shape index (κ3) is 6.77. The van der Waals surface area contributed by atoms with Crippen LogP contribution >= 0.6 is 24.0 Å². The van der Waals surface area contributed by atoms with Crippen LogP contribution in [0.15, 0.2) is 29.3 Å². The molecular weight excluding hydrogens is 496 g/mol. The number of likely N-dealkylation sites (tertiary alicyclic amines) is 1. The van der Waals surface area contributed by atoms with Gasteiger partial charge in [0.1, 0.15) is 5.82 Å². The lowest BCUT2D eigenvalue weighted by Crippen LogP contribution is -2.50. The molecule has 6 nitrogen and oxygen atoms in total. The van der Waals surface area contributed by atoms with Crippen molar-refractivity contribution >= 4 is 29.9 Å². The number of nitrogens with zero attached hydrogens (tertiary/aromatic N) is 3. The van der Waals surface area contributed by atoms with E-state index in [1.807, 2.05) is 6.07 Å². The van der Waals surface area contributed by atoms with E-state index >= 15 is 0 Å². The number of benzene rings is 1. The lowest BCUT2D eigenvalue weighted by Gasteiger charge is -2.35. The van der Waals surface area contributed by atoms with E-state index in [0.717, 1.165) is 37.7 Å². The summed E-state index contributed by atoms with van der Waals surface area (Å²) in [5, 5.41) is 7.09. The maximum Gasteiger partial charge on any atom is 0.191 e. The molecule has 3 unspecified atom stereocenters. The summed E-state index contributed by atoms with van der Waals surface area (Å²) < 4.78 is 19.4. The van der Waals surface area contributed by atoms with Crippen LogP contribution in [0.4, 0.5) is 4.39 Å². The molecule has 170 valence electrons. The second kappa shape index (κ2) is 12.2. The highest BCUT2D eigenvalue weighted by Gasteiger charge is 2.31. The molecule has 2 saturated heterocycles. The predicted octanol–water partition coefficient (Wildman–Crippen LogP) is 2.71. The summed E-state index contributed by atoms with van der Waals surface area (Å²) in [5.41, 5.74) is 0.982. The first-order chi connectivity index (χ1) is 14.0. The number of halogens is 2. The summed E-state index contributed by atoms with van der Waals surface area (Å²) in [6.07, 6.45) is 0. The number of morpholine rings is 1. The fourth-order valence-corrected chi connectivity index (χ4v) is 4.24. The van der Waals surface area contributed by atoms with Crippen LogP contribution in [0.5, 0.6) is 0 Å². The van der Waals surface area contributed by atoms with Crippen LogP contribution in [-0.2, 0) is 4.74 Å². The van der Waals surface area contributed by atoms with Crippen molar-refractivity contribution in [1.29, 1.82) is 0 Å². The van der Waals surface area contributed by atoms with Crippen molar-refractivity contribution < 1.29 is 9.13 Å². The van der Waals surface area contributed by atoms with E-state index < -0.39 is 0 Å². The number of nitrogens with one attached hydrogen (secondary N) is 2. The van der Waals surface area contributed by atoms with Gasteiger partial charge in [0.25, 0.3) is 0 Å². The Labute approximate surface area is 197 Å². The molecular formula is C22H37FIN5O. The van der Waals surface area contributed by atoms with E-state index in [0.29, 0.717) is 37.8 Å². The molecule has 1 aromatic rings. The van der Waals surface area contributed by atoms with Gasteiger partial charge in [0.15, 0.2) is 5.96 Å². The minimum absolute atomic E-state index is 0.